The molecule has 78 valence electrons. The van der Waals surface area contributed by atoms with Crippen LogP contribution in [-0.4, -0.2) is 16.7 Å². The number of rotatable bonds is 4. The normalized spacial score (nSPS) is 10.5. The van der Waals surface area contributed by atoms with E-state index in [1.807, 2.05) is 30.3 Å². The Bertz CT molecular complexity index is 411. The van der Waals surface area contributed by atoms with Crippen LogP contribution in [0, 0.1) is 0 Å². The van der Waals surface area contributed by atoms with E-state index in [9.17, 15) is 0 Å². The largest absolute Gasteiger partial charge is 0.415 e. The second-order valence-corrected chi connectivity index (χ2v) is 3.27. The fourth-order valence-corrected chi connectivity index (χ4v) is 1.30. The summed E-state index contributed by atoms with van der Waals surface area (Å²) in [5, 5.41) is 10.1. The van der Waals surface area contributed by atoms with Crippen molar-refractivity contribution in [2.24, 2.45) is 0 Å². The van der Waals surface area contributed by atoms with E-state index in [2.05, 4.69) is 22.4 Å². The summed E-state index contributed by atoms with van der Waals surface area (Å²) in [6.45, 7) is 3.86. The van der Waals surface area contributed by atoms with Gasteiger partial charge in [0.25, 0.3) is 5.89 Å². The van der Waals surface area contributed by atoms with Crippen molar-refractivity contribution >= 4 is 0 Å². The van der Waals surface area contributed by atoms with Gasteiger partial charge >= 0.3 is 0 Å². The molecule has 2 N–H and O–H groups in total. The third kappa shape index (κ3) is 2.41. The maximum atomic E-state index is 5.52. The molecule has 2 aromatic rings. The zero-order valence-corrected chi connectivity index (χ0v) is 8.68. The summed E-state index contributed by atoms with van der Waals surface area (Å²) in [6, 6.07) is 9.79. The molecule has 0 unspecified atom stereocenters. The van der Waals surface area contributed by atoms with Gasteiger partial charge in [-0.15, -0.1) is 10.2 Å². The highest BCUT2D eigenvalue weighted by Crippen LogP contribution is 2.16. The fraction of sp³-hybridized carbons (Fsp3) is 0.273. The van der Waals surface area contributed by atoms with Crippen LogP contribution >= 0.6 is 0 Å². The van der Waals surface area contributed by atoms with E-state index in [4.69, 9.17) is 4.42 Å². The number of hydrogen-bond donors (Lipinski definition) is 1. The highest BCUT2D eigenvalue weighted by molar-refractivity contribution is 5.51. The van der Waals surface area contributed by atoms with Gasteiger partial charge < -0.3 is 9.73 Å². The summed E-state index contributed by atoms with van der Waals surface area (Å²) in [7, 11) is 0. The van der Waals surface area contributed by atoms with Crippen molar-refractivity contribution in [2.75, 3.05) is 6.54 Å². The van der Waals surface area contributed by atoms with Crippen molar-refractivity contribution in [3.05, 3.63) is 36.2 Å². The third-order valence-corrected chi connectivity index (χ3v) is 2.10. The van der Waals surface area contributed by atoms with E-state index in [1.165, 1.54) is 0 Å². The molecule has 1 aromatic heterocycles. The zero-order chi connectivity index (χ0) is 10.5. The van der Waals surface area contributed by atoms with Crippen LogP contribution in [0.1, 0.15) is 12.8 Å². The predicted molar refractivity (Wildman–Crippen MR) is 55.9 cm³/mol. The van der Waals surface area contributed by atoms with Crippen LogP contribution < -0.4 is 5.32 Å². The molecule has 0 bridgehead atoms. The molecule has 4 heteroatoms. The molecule has 4 nitrogen and oxygen atoms in total. The summed E-state index contributed by atoms with van der Waals surface area (Å²) in [4.78, 5) is 0. The highest BCUT2D eigenvalue weighted by atomic mass is 16.4. The monoisotopic (exact) mass is 204 g/mol. The molecule has 0 radical (unpaired) electrons. The van der Waals surface area contributed by atoms with Crippen molar-refractivity contribution in [3.8, 4) is 11.5 Å². The minimum Gasteiger partial charge on any atom is -0.415 e. The predicted octanol–water partition coefficient (Wildman–Crippen LogP) is 0.820. The molecular formula is C11H14N3O+. The Labute approximate surface area is 88.3 Å². The molecule has 1 aromatic carbocycles. The first-order valence-corrected chi connectivity index (χ1v) is 5.09. The van der Waals surface area contributed by atoms with Crippen molar-refractivity contribution in [1.29, 1.82) is 0 Å². The SMILES string of the molecule is CC[NH2+]Cc1nnc(-c2ccccc2)o1. The van der Waals surface area contributed by atoms with Gasteiger partial charge in [-0.3, -0.25) is 0 Å². The fourth-order valence-electron chi connectivity index (χ4n) is 1.30. The van der Waals surface area contributed by atoms with Gasteiger partial charge in [-0.2, -0.15) is 0 Å². The second-order valence-electron chi connectivity index (χ2n) is 3.27. The summed E-state index contributed by atoms with van der Waals surface area (Å²) >= 11 is 0. The molecular weight excluding hydrogens is 190 g/mol. The summed E-state index contributed by atoms with van der Waals surface area (Å²) in [5.41, 5.74) is 0.966. The number of aromatic nitrogens is 2. The van der Waals surface area contributed by atoms with Crippen LogP contribution in [0.25, 0.3) is 11.5 Å². The summed E-state index contributed by atoms with van der Waals surface area (Å²) < 4.78 is 5.52. The first-order chi connectivity index (χ1) is 7.40. The van der Waals surface area contributed by atoms with Gasteiger partial charge in [0.05, 0.1) is 6.54 Å². The van der Waals surface area contributed by atoms with Gasteiger partial charge in [0.2, 0.25) is 5.89 Å². The molecule has 0 aliphatic heterocycles. The van der Waals surface area contributed by atoms with Crippen LogP contribution in [0.2, 0.25) is 0 Å². The lowest BCUT2D eigenvalue weighted by Crippen LogP contribution is -2.81. The first-order valence-electron chi connectivity index (χ1n) is 5.09. The molecule has 0 atom stereocenters. The van der Waals surface area contributed by atoms with Crippen molar-refractivity contribution in [1.82, 2.24) is 10.2 Å². The average Bonchev–Trinajstić information content (AvgIpc) is 2.76. The Kier molecular flexibility index (Phi) is 3.09. The first kappa shape index (κ1) is 9.86. The Morgan fingerprint density at radius 1 is 1.20 bits per heavy atom. The maximum absolute atomic E-state index is 5.52. The van der Waals surface area contributed by atoms with E-state index in [0.717, 1.165) is 18.7 Å². The lowest BCUT2D eigenvalue weighted by molar-refractivity contribution is -0.669. The quantitative estimate of drug-likeness (QED) is 0.802. The Balaban J connectivity index is 2.14. The number of nitrogens with zero attached hydrogens (tertiary/aromatic N) is 2. The topological polar surface area (TPSA) is 55.5 Å². The maximum Gasteiger partial charge on any atom is 0.271 e. The lowest BCUT2D eigenvalue weighted by atomic mass is 10.2. The van der Waals surface area contributed by atoms with Gasteiger partial charge in [0.15, 0.2) is 6.54 Å². The van der Waals surface area contributed by atoms with Gasteiger partial charge in [-0.25, -0.2) is 0 Å². The van der Waals surface area contributed by atoms with Gasteiger partial charge in [0, 0.05) is 5.56 Å². The molecule has 0 saturated heterocycles. The standard InChI is InChI=1S/C11H13N3O/c1-2-12-8-10-13-14-11(15-10)9-6-4-3-5-7-9/h3-7,12H,2,8H2,1H3/p+1. The lowest BCUT2D eigenvalue weighted by Gasteiger charge is -1.92. The van der Waals surface area contributed by atoms with Gasteiger partial charge in [-0.05, 0) is 19.1 Å². The summed E-state index contributed by atoms with van der Waals surface area (Å²) in [5.74, 6) is 1.27. The smallest absolute Gasteiger partial charge is 0.271 e. The van der Waals surface area contributed by atoms with E-state index in [0.29, 0.717) is 11.8 Å². The van der Waals surface area contributed by atoms with Gasteiger partial charge in [0.1, 0.15) is 0 Å². The van der Waals surface area contributed by atoms with E-state index >= 15 is 0 Å². The van der Waals surface area contributed by atoms with E-state index in [-0.39, 0.29) is 0 Å². The molecule has 0 aliphatic carbocycles. The van der Waals surface area contributed by atoms with Crippen molar-refractivity contribution in [2.45, 2.75) is 13.5 Å². The number of quaternary nitrogens is 1. The second kappa shape index (κ2) is 4.70. The third-order valence-electron chi connectivity index (χ3n) is 2.10. The van der Waals surface area contributed by atoms with Crippen molar-refractivity contribution < 1.29 is 9.73 Å². The van der Waals surface area contributed by atoms with E-state index < -0.39 is 0 Å². The molecule has 0 amide bonds. The molecule has 0 fully saturated rings. The minimum atomic E-state index is 0.593. The minimum absolute atomic E-state index is 0.593. The van der Waals surface area contributed by atoms with Gasteiger partial charge in [-0.1, -0.05) is 18.2 Å². The Morgan fingerprint density at radius 3 is 2.73 bits per heavy atom. The number of nitrogens with two attached hydrogens (primary N) is 1. The molecule has 0 spiro atoms. The molecule has 0 aliphatic rings. The number of benzene rings is 1. The van der Waals surface area contributed by atoms with E-state index in [1.54, 1.807) is 0 Å². The highest BCUT2D eigenvalue weighted by Gasteiger charge is 2.08. The molecule has 0 saturated carbocycles. The zero-order valence-electron chi connectivity index (χ0n) is 8.68. The van der Waals surface area contributed by atoms with Crippen LogP contribution in [-0.2, 0) is 6.54 Å². The van der Waals surface area contributed by atoms with Crippen LogP contribution in [0.5, 0.6) is 0 Å². The summed E-state index contributed by atoms with van der Waals surface area (Å²) in [6.07, 6.45) is 0. The number of hydrogen-bond acceptors (Lipinski definition) is 3. The molecule has 15 heavy (non-hydrogen) atoms. The molecule has 1 heterocycles. The Morgan fingerprint density at radius 2 is 2.00 bits per heavy atom. The van der Waals surface area contributed by atoms with Crippen LogP contribution in [0.4, 0.5) is 0 Å². The van der Waals surface area contributed by atoms with Crippen molar-refractivity contribution in [3.63, 3.8) is 0 Å². The van der Waals surface area contributed by atoms with Crippen LogP contribution in [0.3, 0.4) is 0 Å². The van der Waals surface area contributed by atoms with Crippen LogP contribution in [0.15, 0.2) is 34.7 Å². The Hall–Kier alpha value is -1.68. The average molecular weight is 204 g/mol. The molecule has 2 rings (SSSR count).